The third kappa shape index (κ3) is 7.75. The Balaban J connectivity index is 1.68. The molecule has 0 bridgehead atoms. The van der Waals surface area contributed by atoms with Crippen LogP contribution in [0, 0.1) is 5.82 Å². The number of hydrogen-bond acceptors (Lipinski definition) is 5. The zero-order valence-electron chi connectivity index (χ0n) is 16.7. The Labute approximate surface area is 173 Å². The summed E-state index contributed by atoms with van der Waals surface area (Å²) in [5, 5.41) is 5.09. The lowest BCUT2D eigenvalue weighted by Crippen LogP contribution is -2.31. The number of carbonyl (C=O) groups is 3. The number of esters is 1. The summed E-state index contributed by atoms with van der Waals surface area (Å²) in [7, 11) is 1.57. The van der Waals surface area contributed by atoms with Crippen molar-refractivity contribution in [2.75, 3.05) is 19.0 Å². The van der Waals surface area contributed by atoms with Crippen LogP contribution in [0.2, 0.25) is 0 Å². The summed E-state index contributed by atoms with van der Waals surface area (Å²) in [4.78, 5) is 35.7. The van der Waals surface area contributed by atoms with Crippen LogP contribution in [0.25, 0.3) is 6.08 Å². The first-order valence-corrected chi connectivity index (χ1v) is 9.23. The normalized spacial score (nSPS) is 11.6. The molecule has 2 aromatic carbocycles. The minimum absolute atomic E-state index is 0.0664. The van der Waals surface area contributed by atoms with E-state index in [0.29, 0.717) is 5.69 Å². The lowest BCUT2D eigenvalue weighted by atomic mass is 10.2. The molecule has 8 heteroatoms. The lowest BCUT2D eigenvalue weighted by molar-refractivity contribution is -0.153. The SMILES string of the molecule is COc1ccc(/C=C/C(=O)NCCC(=O)O[C@H](C)C(=O)Nc2ccc(F)cc2)cc1. The molecule has 0 unspecified atom stereocenters. The monoisotopic (exact) mass is 414 g/mol. The first kappa shape index (κ1) is 22.6. The van der Waals surface area contributed by atoms with Gasteiger partial charge in [0.15, 0.2) is 6.10 Å². The molecular formula is C22H23FN2O5. The molecule has 2 rings (SSSR count). The van der Waals surface area contributed by atoms with Gasteiger partial charge in [0.2, 0.25) is 5.91 Å². The van der Waals surface area contributed by atoms with E-state index >= 15 is 0 Å². The number of carbonyl (C=O) groups excluding carboxylic acids is 3. The molecule has 0 aromatic heterocycles. The van der Waals surface area contributed by atoms with Gasteiger partial charge in [0.05, 0.1) is 13.5 Å². The fraction of sp³-hybridized carbons (Fsp3) is 0.227. The van der Waals surface area contributed by atoms with E-state index in [2.05, 4.69) is 10.6 Å². The van der Waals surface area contributed by atoms with E-state index in [1.807, 2.05) is 0 Å². The van der Waals surface area contributed by atoms with Crippen molar-refractivity contribution in [1.82, 2.24) is 5.32 Å². The Morgan fingerprint density at radius 3 is 2.37 bits per heavy atom. The molecule has 0 fully saturated rings. The van der Waals surface area contributed by atoms with Crippen LogP contribution in [-0.4, -0.2) is 37.5 Å². The molecule has 0 aliphatic rings. The second kappa shape index (κ2) is 11.4. The van der Waals surface area contributed by atoms with Crippen molar-refractivity contribution in [3.63, 3.8) is 0 Å². The lowest BCUT2D eigenvalue weighted by Gasteiger charge is -2.13. The van der Waals surface area contributed by atoms with Gasteiger partial charge in [-0.2, -0.15) is 0 Å². The maximum absolute atomic E-state index is 12.9. The molecule has 30 heavy (non-hydrogen) atoms. The molecule has 1 atom stereocenters. The summed E-state index contributed by atoms with van der Waals surface area (Å²) in [5.74, 6) is -1.23. The van der Waals surface area contributed by atoms with E-state index in [0.717, 1.165) is 11.3 Å². The molecule has 0 saturated heterocycles. The van der Waals surface area contributed by atoms with E-state index in [1.54, 1.807) is 37.5 Å². The van der Waals surface area contributed by atoms with Gasteiger partial charge in [-0.25, -0.2) is 4.39 Å². The summed E-state index contributed by atoms with van der Waals surface area (Å²) in [6.07, 6.45) is 1.87. The average Bonchev–Trinajstić information content (AvgIpc) is 2.74. The highest BCUT2D eigenvalue weighted by Gasteiger charge is 2.17. The van der Waals surface area contributed by atoms with Gasteiger partial charge in [-0.15, -0.1) is 0 Å². The number of anilines is 1. The first-order valence-electron chi connectivity index (χ1n) is 9.23. The van der Waals surface area contributed by atoms with Crippen molar-refractivity contribution in [2.45, 2.75) is 19.4 Å². The Morgan fingerprint density at radius 1 is 1.07 bits per heavy atom. The molecule has 2 N–H and O–H groups in total. The summed E-state index contributed by atoms with van der Waals surface area (Å²) < 4.78 is 23.0. The van der Waals surface area contributed by atoms with E-state index in [4.69, 9.17) is 9.47 Å². The topological polar surface area (TPSA) is 93.7 Å². The van der Waals surface area contributed by atoms with Crippen LogP contribution in [0.5, 0.6) is 5.75 Å². The van der Waals surface area contributed by atoms with Crippen molar-refractivity contribution in [2.24, 2.45) is 0 Å². The summed E-state index contributed by atoms with van der Waals surface area (Å²) in [6, 6.07) is 12.4. The van der Waals surface area contributed by atoms with Gasteiger partial charge < -0.3 is 20.1 Å². The van der Waals surface area contributed by atoms with Crippen molar-refractivity contribution in [3.05, 3.63) is 66.0 Å². The fourth-order valence-electron chi connectivity index (χ4n) is 2.32. The van der Waals surface area contributed by atoms with Gasteiger partial charge in [-0.1, -0.05) is 12.1 Å². The maximum atomic E-state index is 12.9. The maximum Gasteiger partial charge on any atom is 0.308 e. The van der Waals surface area contributed by atoms with Crippen molar-refractivity contribution >= 4 is 29.5 Å². The molecule has 2 aromatic rings. The molecule has 0 saturated carbocycles. The molecule has 0 spiro atoms. The van der Waals surface area contributed by atoms with Crippen LogP contribution in [0.15, 0.2) is 54.6 Å². The van der Waals surface area contributed by atoms with Crippen LogP contribution in [0.1, 0.15) is 18.9 Å². The van der Waals surface area contributed by atoms with Gasteiger partial charge in [0.25, 0.3) is 5.91 Å². The number of methoxy groups -OCH3 is 1. The smallest absolute Gasteiger partial charge is 0.308 e. The predicted octanol–water partition coefficient (Wildman–Crippen LogP) is 2.92. The van der Waals surface area contributed by atoms with Crippen LogP contribution < -0.4 is 15.4 Å². The third-order valence-corrected chi connectivity index (χ3v) is 3.96. The molecule has 7 nitrogen and oxygen atoms in total. The van der Waals surface area contributed by atoms with E-state index < -0.39 is 23.8 Å². The Kier molecular flexibility index (Phi) is 8.56. The number of hydrogen-bond donors (Lipinski definition) is 2. The minimum atomic E-state index is -1.03. The number of ether oxygens (including phenoxy) is 2. The van der Waals surface area contributed by atoms with Crippen LogP contribution in [0.3, 0.4) is 0 Å². The third-order valence-electron chi connectivity index (χ3n) is 3.96. The van der Waals surface area contributed by atoms with Gasteiger partial charge in [0.1, 0.15) is 11.6 Å². The Bertz CT molecular complexity index is 895. The van der Waals surface area contributed by atoms with E-state index in [9.17, 15) is 18.8 Å². The standard InChI is InChI=1S/C22H23FN2O5/c1-15(22(28)25-18-8-6-17(23)7-9-18)30-21(27)13-14-24-20(26)12-5-16-3-10-19(29-2)11-4-16/h3-12,15H,13-14H2,1-2H3,(H,24,26)(H,25,28)/b12-5+/t15-/m1/s1. The fourth-order valence-corrected chi connectivity index (χ4v) is 2.32. The van der Waals surface area contributed by atoms with Gasteiger partial charge in [-0.05, 0) is 55.0 Å². The summed E-state index contributed by atoms with van der Waals surface area (Å²) in [6.45, 7) is 1.49. The van der Waals surface area contributed by atoms with Crippen molar-refractivity contribution in [1.29, 1.82) is 0 Å². The predicted molar refractivity (Wildman–Crippen MR) is 110 cm³/mol. The van der Waals surface area contributed by atoms with Crippen molar-refractivity contribution < 1.29 is 28.2 Å². The van der Waals surface area contributed by atoms with Crippen LogP contribution in [0.4, 0.5) is 10.1 Å². The summed E-state index contributed by atoms with van der Waals surface area (Å²) >= 11 is 0. The average molecular weight is 414 g/mol. The molecule has 0 aliphatic carbocycles. The molecular weight excluding hydrogens is 391 g/mol. The van der Waals surface area contributed by atoms with Gasteiger partial charge in [0, 0.05) is 18.3 Å². The molecule has 158 valence electrons. The van der Waals surface area contributed by atoms with E-state index in [-0.39, 0.29) is 18.9 Å². The summed E-state index contributed by atoms with van der Waals surface area (Å²) in [5.41, 5.74) is 1.21. The first-order chi connectivity index (χ1) is 14.4. The van der Waals surface area contributed by atoms with Crippen LogP contribution >= 0.6 is 0 Å². The number of halogens is 1. The Morgan fingerprint density at radius 2 is 1.73 bits per heavy atom. The quantitative estimate of drug-likeness (QED) is 0.486. The van der Waals surface area contributed by atoms with Crippen molar-refractivity contribution in [3.8, 4) is 5.75 Å². The van der Waals surface area contributed by atoms with Crippen LogP contribution in [-0.2, 0) is 19.1 Å². The highest BCUT2D eigenvalue weighted by molar-refractivity contribution is 5.95. The second-order valence-corrected chi connectivity index (χ2v) is 6.28. The molecule has 0 radical (unpaired) electrons. The van der Waals surface area contributed by atoms with Gasteiger partial charge >= 0.3 is 5.97 Å². The molecule has 0 aliphatic heterocycles. The molecule has 0 heterocycles. The highest BCUT2D eigenvalue weighted by atomic mass is 19.1. The minimum Gasteiger partial charge on any atom is -0.497 e. The zero-order chi connectivity index (χ0) is 21.9. The number of amides is 2. The number of benzene rings is 2. The highest BCUT2D eigenvalue weighted by Crippen LogP contribution is 2.12. The number of nitrogens with one attached hydrogen (secondary N) is 2. The molecule has 2 amide bonds. The van der Waals surface area contributed by atoms with E-state index in [1.165, 1.54) is 37.3 Å². The largest absolute Gasteiger partial charge is 0.497 e. The second-order valence-electron chi connectivity index (χ2n) is 6.28. The van der Waals surface area contributed by atoms with Gasteiger partial charge in [-0.3, -0.25) is 14.4 Å². The number of rotatable bonds is 9. The zero-order valence-corrected chi connectivity index (χ0v) is 16.7. The Hall–Kier alpha value is -3.68.